The Hall–Kier alpha value is -1.87. The molecule has 0 radical (unpaired) electrons. The maximum atomic E-state index is 10.7. The number of nitrogens with one attached hydrogen (secondary N) is 1. The Morgan fingerprint density at radius 3 is 2.59 bits per heavy atom. The molecule has 0 spiro atoms. The third kappa shape index (κ3) is 3.04. The SMILES string of the molecule is Cc1ccc(Nc2cc(C=O)cc(Cl)n2)cc1. The van der Waals surface area contributed by atoms with E-state index < -0.39 is 0 Å². The lowest BCUT2D eigenvalue weighted by Crippen LogP contribution is -1.95. The predicted octanol–water partition coefficient (Wildman–Crippen LogP) is 3.60. The lowest BCUT2D eigenvalue weighted by molar-refractivity contribution is 0.112. The highest BCUT2D eigenvalue weighted by molar-refractivity contribution is 6.29. The van der Waals surface area contributed by atoms with E-state index in [1.807, 2.05) is 31.2 Å². The molecule has 17 heavy (non-hydrogen) atoms. The van der Waals surface area contributed by atoms with Crippen LogP contribution in [0.25, 0.3) is 0 Å². The van der Waals surface area contributed by atoms with Crippen molar-refractivity contribution in [2.75, 3.05) is 5.32 Å². The number of hydrogen-bond donors (Lipinski definition) is 1. The molecule has 1 aromatic heterocycles. The molecule has 1 aromatic carbocycles. The molecule has 4 heteroatoms. The van der Waals surface area contributed by atoms with Gasteiger partial charge in [0, 0.05) is 11.3 Å². The first-order valence-corrected chi connectivity index (χ1v) is 5.51. The fraction of sp³-hybridized carbons (Fsp3) is 0.0769. The summed E-state index contributed by atoms with van der Waals surface area (Å²) in [5.41, 5.74) is 2.59. The molecule has 3 nitrogen and oxygen atoms in total. The van der Waals surface area contributed by atoms with E-state index in [1.165, 1.54) is 11.6 Å². The second-order valence-corrected chi connectivity index (χ2v) is 4.10. The summed E-state index contributed by atoms with van der Waals surface area (Å²) in [6, 6.07) is 11.0. The number of carbonyl (C=O) groups excluding carboxylic acids is 1. The van der Waals surface area contributed by atoms with E-state index in [0.29, 0.717) is 16.5 Å². The minimum atomic E-state index is 0.296. The van der Waals surface area contributed by atoms with Crippen LogP contribution in [-0.2, 0) is 0 Å². The number of aryl methyl sites for hydroxylation is 1. The summed E-state index contributed by atoms with van der Waals surface area (Å²) in [6.07, 6.45) is 0.744. The molecule has 0 aliphatic heterocycles. The molecule has 0 aliphatic rings. The Morgan fingerprint density at radius 1 is 1.24 bits per heavy atom. The topological polar surface area (TPSA) is 42.0 Å². The van der Waals surface area contributed by atoms with Crippen LogP contribution in [0.1, 0.15) is 15.9 Å². The molecule has 0 unspecified atom stereocenters. The fourth-order valence-corrected chi connectivity index (χ4v) is 1.65. The van der Waals surface area contributed by atoms with Gasteiger partial charge in [0.15, 0.2) is 0 Å². The zero-order chi connectivity index (χ0) is 12.3. The zero-order valence-electron chi connectivity index (χ0n) is 9.27. The van der Waals surface area contributed by atoms with Gasteiger partial charge in [0.2, 0.25) is 0 Å². The van der Waals surface area contributed by atoms with Gasteiger partial charge in [-0.05, 0) is 31.2 Å². The highest BCUT2D eigenvalue weighted by Crippen LogP contribution is 2.18. The lowest BCUT2D eigenvalue weighted by Gasteiger charge is -2.06. The molecular weight excluding hydrogens is 236 g/mol. The van der Waals surface area contributed by atoms with E-state index in [9.17, 15) is 4.79 Å². The Morgan fingerprint density at radius 2 is 1.94 bits per heavy atom. The van der Waals surface area contributed by atoms with Crippen molar-refractivity contribution in [3.63, 3.8) is 0 Å². The number of hydrogen-bond acceptors (Lipinski definition) is 3. The van der Waals surface area contributed by atoms with Gasteiger partial charge in [-0.1, -0.05) is 29.3 Å². The summed E-state index contributed by atoms with van der Waals surface area (Å²) in [5.74, 6) is 0.559. The van der Waals surface area contributed by atoms with E-state index >= 15 is 0 Å². The number of pyridine rings is 1. The second-order valence-electron chi connectivity index (χ2n) is 3.72. The standard InChI is InChI=1S/C13H11ClN2O/c1-9-2-4-11(5-3-9)15-13-7-10(8-17)6-12(14)16-13/h2-8H,1H3,(H,15,16). The fourth-order valence-electron chi connectivity index (χ4n) is 1.43. The van der Waals surface area contributed by atoms with Crippen LogP contribution in [0.15, 0.2) is 36.4 Å². The van der Waals surface area contributed by atoms with Gasteiger partial charge in [-0.15, -0.1) is 0 Å². The molecule has 0 fully saturated rings. The zero-order valence-corrected chi connectivity index (χ0v) is 10.0. The molecule has 0 aliphatic carbocycles. The molecule has 0 amide bonds. The third-order valence-corrected chi connectivity index (χ3v) is 2.47. The van der Waals surface area contributed by atoms with Crippen molar-refractivity contribution in [3.8, 4) is 0 Å². The van der Waals surface area contributed by atoms with Crippen LogP contribution in [0.5, 0.6) is 0 Å². The summed E-state index contributed by atoms with van der Waals surface area (Å²) >= 11 is 5.81. The van der Waals surface area contributed by atoms with Crippen molar-refractivity contribution >= 4 is 29.4 Å². The highest BCUT2D eigenvalue weighted by Gasteiger charge is 2.01. The largest absolute Gasteiger partial charge is 0.340 e. The monoisotopic (exact) mass is 246 g/mol. The third-order valence-electron chi connectivity index (χ3n) is 2.28. The maximum Gasteiger partial charge on any atom is 0.150 e. The summed E-state index contributed by atoms with van der Waals surface area (Å²) in [5, 5.41) is 3.39. The Balaban J connectivity index is 2.26. The minimum Gasteiger partial charge on any atom is -0.340 e. The number of aromatic nitrogens is 1. The first-order chi connectivity index (χ1) is 8.17. The van der Waals surface area contributed by atoms with Gasteiger partial charge in [-0.2, -0.15) is 0 Å². The van der Waals surface area contributed by atoms with Crippen molar-refractivity contribution in [1.29, 1.82) is 0 Å². The number of halogens is 1. The smallest absolute Gasteiger partial charge is 0.150 e. The molecule has 2 rings (SSSR count). The lowest BCUT2D eigenvalue weighted by atomic mass is 10.2. The average molecular weight is 247 g/mol. The Labute approximate surface area is 104 Å². The average Bonchev–Trinajstić information content (AvgIpc) is 2.31. The van der Waals surface area contributed by atoms with Gasteiger partial charge in [-0.25, -0.2) is 4.98 Å². The number of carbonyl (C=O) groups is 1. The van der Waals surface area contributed by atoms with Gasteiger partial charge in [0.05, 0.1) is 0 Å². The van der Waals surface area contributed by atoms with Gasteiger partial charge in [-0.3, -0.25) is 4.79 Å². The summed E-state index contributed by atoms with van der Waals surface area (Å²) in [6.45, 7) is 2.02. The first-order valence-electron chi connectivity index (χ1n) is 5.14. The van der Waals surface area contributed by atoms with Gasteiger partial charge in [0.1, 0.15) is 17.3 Å². The molecule has 0 bridgehead atoms. The summed E-state index contributed by atoms with van der Waals surface area (Å²) < 4.78 is 0. The number of nitrogens with zero attached hydrogens (tertiary/aromatic N) is 1. The maximum absolute atomic E-state index is 10.7. The number of aldehydes is 1. The van der Waals surface area contributed by atoms with E-state index in [4.69, 9.17) is 11.6 Å². The number of rotatable bonds is 3. The molecule has 2 aromatic rings. The van der Waals surface area contributed by atoms with Crippen LogP contribution in [0, 0.1) is 6.92 Å². The minimum absolute atomic E-state index is 0.296. The molecule has 1 N–H and O–H groups in total. The number of anilines is 2. The molecular formula is C13H11ClN2O. The quantitative estimate of drug-likeness (QED) is 0.665. The second kappa shape index (κ2) is 4.97. The van der Waals surface area contributed by atoms with Gasteiger partial charge < -0.3 is 5.32 Å². The van der Waals surface area contributed by atoms with Gasteiger partial charge >= 0.3 is 0 Å². The van der Waals surface area contributed by atoms with Crippen LogP contribution in [0.2, 0.25) is 5.15 Å². The van der Waals surface area contributed by atoms with Crippen molar-refractivity contribution < 1.29 is 4.79 Å². The van der Waals surface area contributed by atoms with Gasteiger partial charge in [0.25, 0.3) is 0 Å². The molecule has 86 valence electrons. The molecule has 0 saturated carbocycles. The van der Waals surface area contributed by atoms with Crippen LogP contribution in [0.4, 0.5) is 11.5 Å². The summed E-state index contributed by atoms with van der Waals surface area (Å²) in [7, 11) is 0. The van der Waals surface area contributed by atoms with Crippen molar-refractivity contribution in [1.82, 2.24) is 4.98 Å². The normalized spacial score (nSPS) is 10.0. The van der Waals surface area contributed by atoms with E-state index in [2.05, 4.69) is 10.3 Å². The van der Waals surface area contributed by atoms with Crippen LogP contribution < -0.4 is 5.32 Å². The Bertz CT molecular complexity index is 538. The van der Waals surface area contributed by atoms with Crippen molar-refractivity contribution in [2.45, 2.75) is 6.92 Å². The Kier molecular flexibility index (Phi) is 3.40. The van der Waals surface area contributed by atoms with Crippen LogP contribution >= 0.6 is 11.6 Å². The van der Waals surface area contributed by atoms with Crippen LogP contribution in [0.3, 0.4) is 0 Å². The number of benzene rings is 1. The van der Waals surface area contributed by atoms with E-state index in [-0.39, 0.29) is 0 Å². The summed E-state index contributed by atoms with van der Waals surface area (Å²) in [4.78, 5) is 14.8. The van der Waals surface area contributed by atoms with E-state index in [1.54, 1.807) is 6.07 Å². The molecule has 0 saturated heterocycles. The van der Waals surface area contributed by atoms with Crippen molar-refractivity contribution in [2.24, 2.45) is 0 Å². The first kappa shape index (κ1) is 11.6. The molecule has 0 atom stereocenters. The van der Waals surface area contributed by atoms with Crippen LogP contribution in [-0.4, -0.2) is 11.3 Å². The predicted molar refractivity (Wildman–Crippen MR) is 69.1 cm³/mol. The molecule has 1 heterocycles. The van der Waals surface area contributed by atoms with Crippen molar-refractivity contribution in [3.05, 3.63) is 52.7 Å². The van der Waals surface area contributed by atoms with E-state index in [0.717, 1.165) is 12.0 Å². The highest BCUT2D eigenvalue weighted by atomic mass is 35.5.